The van der Waals surface area contributed by atoms with E-state index in [2.05, 4.69) is 21.4 Å². The van der Waals surface area contributed by atoms with E-state index in [1.807, 2.05) is 17.0 Å². The van der Waals surface area contributed by atoms with Crippen LogP contribution in [0.15, 0.2) is 52.9 Å². The van der Waals surface area contributed by atoms with Crippen molar-refractivity contribution in [2.45, 2.75) is 42.6 Å². The molecule has 2 aliphatic heterocycles. The average molecular weight is 665 g/mol. The SMILES string of the molecule is C=CC(N1CCCCC1)S(=O)(=O)c1cc(C(=O)N=C(N)N)ccc1CN1CCN(Cc2ccc(OC)c(OC)c2OC)CC1.Cl. The highest BCUT2D eigenvalue weighted by molar-refractivity contribution is 7.92. The van der Waals surface area contributed by atoms with Crippen LogP contribution in [0, 0.1) is 0 Å². The molecule has 2 saturated heterocycles. The Morgan fingerprint density at radius 1 is 0.889 bits per heavy atom. The Hall–Kier alpha value is -3.36. The summed E-state index contributed by atoms with van der Waals surface area (Å²) in [6.45, 7) is 9.25. The van der Waals surface area contributed by atoms with Crippen molar-refractivity contribution in [3.05, 3.63) is 59.7 Å². The predicted molar refractivity (Wildman–Crippen MR) is 177 cm³/mol. The Kier molecular flexibility index (Phi) is 13.1. The van der Waals surface area contributed by atoms with Crippen molar-refractivity contribution < 1.29 is 27.4 Å². The van der Waals surface area contributed by atoms with Crippen LogP contribution in [-0.4, -0.2) is 101 Å². The van der Waals surface area contributed by atoms with Gasteiger partial charge < -0.3 is 25.7 Å². The summed E-state index contributed by atoms with van der Waals surface area (Å²) in [4.78, 5) is 22.9. The van der Waals surface area contributed by atoms with Crippen LogP contribution in [-0.2, 0) is 22.9 Å². The third-order valence-electron chi connectivity index (χ3n) is 8.16. The number of aliphatic imine (C=N–C) groups is 1. The van der Waals surface area contributed by atoms with Crippen molar-refractivity contribution in [3.8, 4) is 17.2 Å². The molecule has 2 heterocycles. The molecule has 0 saturated carbocycles. The molecule has 45 heavy (non-hydrogen) atoms. The van der Waals surface area contributed by atoms with Crippen molar-refractivity contribution in [1.29, 1.82) is 0 Å². The van der Waals surface area contributed by atoms with Crippen LogP contribution in [0.25, 0.3) is 0 Å². The Bertz CT molecular complexity index is 1470. The topological polar surface area (TPSA) is 153 Å². The summed E-state index contributed by atoms with van der Waals surface area (Å²) in [7, 11) is 0.876. The monoisotopic (exact) mass is 664 g/mol. The molecule has 4 rings (SSSR count). The molecule has 0 bridgehead atoms. The minimum Gasteiger partial charge on any atom is -0.493 e. The quantitative estimate of drug-likeness (QED) is 0.196. The van der Waals surface area contributed by atoms with Crippen molar-refractivity contribution in [2.75, 3.05) is 60.6 Å². The van der Waals surface area contributed by atoms with Gasteiger partial charge in [-0.05, 0) is 49.7 Å². The summed E-state index contributed by atoms with van der Waals surface area (Å²) in [6.07, 6.45) is 4.40. The smallest absolute Gasteiger partial charge is 0.280 e. The zero-order valence-corrected chi connectivity index (χ0v) is 27.9. The molecular formula is C31H45ClN6O6S. The molecule has 1 unspecified atom stereocenters. The number of carbonyl (C=O) groups excluding carboxylic acids is 1. The van der Waals surface area contributed by atoms with Gasteiger partial charge in [0.15, 0.2) is 27.3 Å². The molecule has 1 atom stereocenters. The molecule has 14 heteroatoms. The predicted octanol–water partition coefficient (Wildman–Crippen LogP) is 2.64. The first-order valence-corrected chi connectivity index (χ1v) is 16.3. The molecular weight excluding hydrogens is 620 g/mol. The number of methoxy groups -OCH3 is 3. The van der Waals surface area contributed by atoms with Gasteiger partial charge >= 0.3 is 0 Å². The van der Waals surface area contributed by atoms with Gasteiger partial charge in [-0.3, -0.25) is 19.5 Å². The number of likely N-dealkylation sites (tertiary alicyclic amines) is 1. The van der Waals surface area contributed by atoms with E-state index >= 15 is 0 Å². The van der Waals surface area contributed by atoms with E-state index in [-0.39, 0.29) is 28.8 Å². The van der Waals surface area contributed by atoms with E-state index in [1.54, 1.807) is 33.5 Å². The number of benzene rings is 2. The van der Waals surface area contributed by atoms with E-state index in [1.165, 1.54) is 12.1 Å². The zero-order chi connectivity index (χ0) is 31.9. The molecule has 0 aliphatic carbocycles. The molecule has 12 nitrogen and oxygen atoms in total. The van der Waals surface area contributed by atoms with Gasteiger partial charge in [0.2, 0.25) is 5.75 Å². The molecule has 0 aromatic heterocycles. The summed E-state index contributed by atoms with van der Waals surface area (Å²) in [5.41, 5.74) is 12.5. The number of rotatable bonds is 12. The van der Waals surface area contributed by atoms with E-state index in [4.69, 9.17) is 25.7 Å². The summed E-state index contributed by atoms with van der Waals surface area (Å²) < 4.78 is 44.9. The fourth-order valence-electron chi connectivity index (χ4n) is 5.91. The number of amides is 1. The largest absolute Gasteiger partial charge is 0.493 e. The minimum atomic E-state index is -3.92. The number of nitrogens with two attached hydrogens (primary N) is 2. The van der Waals surface area contributed by atoms with Crippen molar-refractivity contribution in [3.63, 3.8) is 0 Å². The van der Waals surface area contributed by atoms with Gasteiger partial charge in [-0.25, -0.2) is 8.42 Å². The number of hydrogen-bond donors (Lipinski definition) is 2. The number of sulfone groups is 1. The summed E-state index contributed by atoms with van der Waals surface area (Å²) in [5.74, 6) is 0.729. The standard InChI is InChI=1S/C31H44N6O6S.ClH/c1-5-27(37-13-7-6-8-14-37)44(39,40)26-19-22(30(38)34-31(32)33)9-10-23(26)20-35-15-17-36(18-16-35)21-24-11-12-25(41-2)29(43-4)28(24)42-3;/h5,9-12,19,27H,1,6-8,13-18,20-21H2,2-4H3,(H4,32,33,34,38);1H. The Morgan fingerprint density at radius 2 is 1.47 bits per heavy atom. The molecule has 248 valence electrons. The lowest BCUT2D eigenvalue weighted by Crippen LogP contribution is -2.46. The normalized spacial score (nSPS) is 17.0. The molecule has 1 amide bonds. The van der Waals surface area contributed by atoms with E-state index in [0.717, 1.165) is 51.0 Å². The lowest BCUT2D eigenvalue weighted by Gasteiger charge is -2.36. The number of carbonyl (C=O) groups is 1. The summed E-state index contributed by atoms with van der Waals surface area (Å²) in [6, 6.07) is 8.52. The van der Waals surface area contributed by atoms with Crippen LogP contribution < -0.4 is 25.7 Å². The van der Waals surface area contributed by atoms with Crippen LogP contribution in [0.4, 0.5) is 0 Å². The first-order valence-electron chi connectivity index (χ1n) is 14.7. The number of halogens is 1. The Morgan fingerprint density at radius 3 is 2.00 bits per heavy atom. The Labute approximate surface area is 272 Å². The Balaban J connectivity index is 0.00000552. The molecule has 0 radical (unpaired) electrons. The third kappa shape index (κ3) is 8.47. The van der Waals surface area contributed by atoms with E-state index < -0.39 is 21.1 Å². The molecule has 2 aliphatic rings. The first kappa shape index (κ1) is 36.1. The lowest BCUT2D eigenvalue weighted by molar-refractivity contribution is 0.100. The molecule has 2 aromatic carbocycles. The highest BCUT2D eigenvalue weighted by atomic mass is 35.5. The molecule has 4 N–H and O–H groups in total. The maximum absolute atomic E-state index is 14.2. The number of piperazine rings is 1. The molecule has 2 aromatic rings. The van der Waals surface area contributed by atoms with Crippen molar-refractivity contribution >= 4 is 34.1 Å². The van der Waals surface area contributed by atoms with Gasteiger partial charge in [-0.2, -0.15) is 4.99 Å². The molecule has 0 spiro atoms. The highest BCUT2D eigenvalue weighted by Crippen LogP contribution is 2.40. The second kappa shape index (κ2) is 16.3. The maximum Gasteiger partial charge on any atom is 0.280 e. The van der Waals surface area contributed by atoms with E-state index in [9.17, 15) is 13.2 Å². The van der Waals surface area contributed by atoms with Gasteiger partial charge in [0.25, 0.3) is 5.91 Å². The minimum absolute atomic E-state index is 0. The number of guanidine groups is 1. The highest BCUT2D eigenvalue weighted by Gasteiger charge is 2.34. The van der Waals surface area contributed by atoms with Crippen LogP contribution >= 0.6 is 12.4 Å². The number of hydrogen-bond acceptors (Lipinski definition) is 9. The van der Waals surface area contributed by atoms with Crippen LogP contribution in [0.5, 0.6) is 17.2 Å². The maximum atomic E-state index is 14.2. The number of ether oxygens (including phenoxy) is 3. The fraction of sp³-hybridized carbons (Fsp3) is 0.484. The number of nitrogens with zero attached hydrogens (tertiary/aromatic N) is 4. The van der Waals surface area contributed by atoms with Gasteiger partial charge in [0.05, 0.1) is 26.2 Å². The van der Waals surface area contributed by atoms with Gasteiger partial charge in [-0.15, -0.1) is 19.0 Å². The van der Waals surface area contributed by atoms with Crippen molar-refractivity contribution in [2.24, 2.45) is 16.5 Å². The summed E-state index contributed by atoms with van der Waals surface area (Å²) in [5, 5.41) is -0.900. The second-order valence-electron chi connectivity index (χ2n) is 11.0. The second-order valence-corrected chi connectivity index (χ2v) is 13.0. The zero-order valence-electron chi connectivity index (χ0n) is 26.2. The number of piperidine rings is 1. The van der Waals surface area contributed by atoms with Crippen LogP contribution in [0.2, 0.25) is 0 Å². The van der Waals surface area contributed by atoms with Crippen LogP contribution in [0.3, 0.4) is 0 Å². The van der Waals surface area contributed by atoms with Crippen molar-refractivity contribution in [1.82, 2.24) is 14.7 Å². The lowest BCUT2D eigenvalue weighted by atomic mass is 10.1. The van der Waals surface area contributed by atoms with Gasteiger partial charge in [0, 0.05) is 50.4 Å². The van der Waals surface area contributed by atoms with Crippen LogP contribution in [0.1, 0.15) is 40.7 Å². The average Bonchev–Trinajstić information content (AvgIpc) is 3.02. The molecule has 2 fully saturated rings. The summed E-state index contributed by atoms with van der Waals surface area (Å²) >= 11 is 0. The van der Waals surface area contributed by atoms with E-state index in [0.29, 0.717) is 49.0 Å². The first-order chi connectivity index (χ1) is 21.1. The van der Waals surface area contributed by atoms with Gasteiger partial charge in [-0.1, -0.05) is 24.6 Å². The van der Waals surface area contributed by atoms with Gasteiger partial charge in [0.1, 0.15) is 5.37 Å². The third-order valence-corrected chi connectivity index (χ3v) is 10.3. The fourth-order valence-corrected chi connectivity index (χ4v) is 7.82.